The van der Waals surface area contributed by atoms with Crippen LogP contribution in [0.2, 0.25) is 0 Å². The molecule has 3 heterocycles. The fourth-order valence-corrected chi connectivity index (χ4v) is 3.33. The molecule has 1 N–H and O–H groups in total. The molecular formula is C14H25N3O3. The summed E-state index contributed by atoms with van der Waals surface area (Å²) in [6, 6.07) is 0.0690. The number of hydrogen-bond acceptors (Lipinski definition) is 5. The molecule has 0 bridgehead atoms. The average Bonchev–Trinajstić information content (AvgIpc) is 2.96. The van der Waals surface area contributed by atoms with Crippen molar-refractivity contribution >= 4 is 5.91 Å². The second kappa shape index (κ2) is 6.85. The van der Waals surface area contributed by atoms with Crippen molar-refractivity contribution in [1.29, 1.82) is 0 Å². The first-order valence-electron chi connectivity index (χ1n) is 7.77. The Hall–Kier alpha value is -0.690. The summed E-state index contributed by atoms with van der Waals surface area (Å²) in [5.41, 5.74) is 0. The van der Waals surface area contributed by atoms with Crippen LogP contribution in [0, 0.1) is 0 Å². The van der Waals surface area contributed by atoms with Crippen LogP contribution < -0.4 is 5.32 Å². The Kier molecular flexibility index (Phi) is 4.88. The van der Waals surface area contributed by atoms with Gasteiger partial charge in [-0.2, -0.15) is 0 Å². The van der Waals surface area contributed by atoms with Gasteiger partial charge in [0.05, 0.1) is 18.8 Å². The van der Waals surface area contributed by atoms with Crippen molar-refractivity contribution in [1.82, 2.24) is 15.1 Å². The van der Waals surface area contributed by atoms with Gasteiger partial charge in [0, 0.05) is 32.7 Å². The van der Waals surface area contributed by atoms with Crippen molar-refractivity contribution in [3.63, 3.8) is 0 Å². The zero-order chi connectivity index (χ0) is 13.8. The Bertz CT molecular complexity index is 328. The van der Waals surface area contributed by atoms with Gasteiger partial charge in [-0.05, 0) is 25.8 Å². The van der Waals surface area contributed by atoms with Crippen LogP contribution in [0.1, 0.15) is 19.3 Å². The highest BCUT2D eigenvalue weighted by molar-refractivity contribution is 5.82. The van der Waals surface area contributed by atoms with Crippen molar-refractivity contribution in [2.45, 2.75) is 31.4 Å². The van der Waals surface area contributed by atoms with E-state index < -0.39 is 0 Å². The smallest absolute Gasteiger partial charge is 0.240 e. The molecule has 0 aromatic carbocycles. The molecule has 6 heteroatoms. The van der Waals surface area contributed by atoms with Crippen molar-refractivity contribution in [3.05, 3.63) is 0 Å². The molecule has 20 heavy (non-hydrogen) atoms. The van der Waals surface area contributed by atoms with E-state index in [-0.39, 0.29) is 12.1 Å². The van der Waals surface area contributed by atoms with Gasteiger partial charge in [-0.25, -0.2) is 0 Å². The maximum Gasteiger partial charge on any atom is 0.240 e. The van der Waals surface area contributed by atoms with Crippen LogP contribution in [0.25, 0.3) is 0 Å². The number of carbonyl (C=O) groups is 1. The van der Waals surface area contributed by atoms with E-state index in [1.807, 2.05) is 4.90 Å². The van der Waals surface area contributed by atoms with Gasteiger partial charge in [0.1, 0.15) is 6.79 Å². The Labute approximate surface area is 120 Å². The molecule has 3 aliphatic heterocycles. The number of hydrogen-bond donors (Lipinski definition) is 1. The molecule has 3 rings (SSSR count). The number of rotatable bonds is 3. The minimum absolute atomic E-state index is 0.0690. The Morgan fingerprint density at radius 3 is 2.80 bits per heavy atom. The van der Waals surface area contributed by atoms with Gasteiger partial charge < -0.3 is 19.7 Å². The lowest BCUT2D eigenvalue weighted by molar-refractivity contribution is -0.149. The van der Waals surface area contributed by atoms with Gasteiger partial charge in [0.15, 0.2) is 0 Å². The number of nitrogens with one attached hydrogen (secondary N) is 1. The van der Waals surface area contributed by atoms with E-state index in [1.54, 1.807) is 0 Å². The lowest BCUT2D eigenvalue weighted by Gasteiger charge is -2.34. The second-order valence-electron chi connectivity index (χ2n) is 5.83. The summed E-state index contributed by atoms with van der Waals surface area (Å²) in [5, 5.41) is 3.30. The van der Waals surface area contributed by atoms with E-state index in [4.69, 9.17) is 9.47 Å². The van der Waals surface area contributed by atoms with Gasteiger partial charge in [-0.3, -0.25) is 9.69 Å². The molecule has 0 aromatic rings. The number of amides is 1. The minimum atomic E-state index is 0.0690. The molecule has 114 valence electrons. The standard InChI is InChI=1S/C14H25N3O3/c18-14(16-7-4-15-5-8-16)13-2-1-6-17(13)10-12-3-9-19-11-20-12/h12-13,15H,1-11H2. The molecule has 3 fully saturated rings. The first-order valence-corrected chi connectivity index (χ1v) is 7.77. The predicted octanol–water partition coefficient (Wildman–Crippen LogP) is -0.354. The van der Waals surface area contributed by atoms with Gasteiger partial charge in [0.25, 0.3) is 0 Å². The number of nitrogens with zero attached hydrogens (tertiary/aromatic N) is 2. The summed E-state index contributed by atoms with van der Waals surface area (Å²) in [6.07, 6.45) is 3.27. The summed E-state index contributed by atoms with van der Waals surface area (Å²) in [5.74, 6) is 0.316. The van der Waals surface area contributed by atoms with E-state index in [1.165, 1.54) is 0 Å². The van der Waals surface area contributed by atoms with Crippen LogP contribution in [-0.4, -0.2) is 80.5 Å². The first-order chi connectivity index (χ1) is 9.84. The van der Waals surface area contributed by atoms with Gasteiger partial charge >= 0.3 is 0 Å². The highest BCUT2D eigenvalue weighted by atomic mass is 16.7. The van der Waals surface area contributed by atoms with Crippen LogP contribution >= 0.6 is 0 Å². The van der Waals surface area contributed by atoms with E-state index in [0.717, 1.165) is 65.1 Å². The van der Waals surface area contributed by atoms with Crippen molar-refractivity contribution in [2.24, 2.45) is 0 Å². The van der Waals surface area contributed by atoms with E-state index in [0.29, 0.717) is 12.7 Å². The van der Waals surface area contributed by atoms with Crippen LogP contribution in [-0.2, 0) is 14.3 Å². The summed E-state index contributed by atoms with van der Waals surface area (Å²) < 4.78 is 10.8. The molecule has 2 unspecified atom stereocenters. The largest absolute Gasteiger partial charge is 0.355 e. The maximum atomic E-state index is 12.6. The van der Waals surface area contributed by atoms with E-state index >= 15 is 0 Å². The summed E-state index contributed by atoms with van der Waals surface area (Å²) >= 11 is 0. The van der Waals surface area contributed by atoms with Crippen LogP contribution in [0.15, 0.2) is 0 Å². The zero-order valence-corrected chi connectivity index (χ0v) is 12.1. The molecule has 0 radical (unpaired) electrons. The highest BCUT2D eigenvalue weighted by Gasteiger charge is 2.35. The Balaban J connectivity index is 1.55. The zero-order valence-electron chi connectivity index (χ0n) is 12.1. The molecular weight excluding hydrogens is 258 g/mol. The number of carbonyl (C=O) groups excluding carboxylic acids is 1. The number of piperazine rings is 1. The third-order valence-electron chi connectivity index (χ3n) is 4.49. The fraction of sp³-hybridized carbons (Fsp3) is 0.929. The Morgan fingerprint density at radius 1 is 1.20 bits per heavy atom. The lowest BCUT2D eigenvalue weighted by atomic mass is 10.1. The first kappa shape index (κ1) is 14.3. The Morgan fingerprint density at radius 2 is 2.05 bits per heavy atom. The van der Waals surface area contributed by atoms with Crippen molar-refractivity contribution < 1.29 is 14.3 Å². The van der Waals surface area contributed by atoms with Gasteiger partial charge in [-0.1, -0.05) is 0 Å². The second-order valence-corrected chi connectivity index (χ2v) is 5.83. The SMILES string of the molecule is O=C(C1CCCN1CC1CCOCO1)N1CCNCC1. The lowest BCUT2D eigenvalue weighted by Crippen LogP contribution is -2.53. The van der Waals surface area contributed by atoms with Gasteiger partial charge in [-0.15, -0.1) is 0 Å². The predicted molar refractivity (Wildman–Crippen MR) is 74.4 cm³/mol. The molecule has 2 atom stereocenters. The average molecular weight is 283 g/mol. The third-order valence-corrected chi connectivity index (χ3v) is 4.49. The quantitative estimate of drug-likeness (QED) is 0.767. The summed E-state index contributed by atoms with van der Waals surface area (Å²) in [7, 11) is 0. The fourth-order valence-electron chi connectivity index (χ4n) is 3.33. The minimum Gasteiger partial charge on any atom is -0.355 e. The summed E-state index contributed by atoms with van der Waals surface area (Å²) in [6.45, 7) is 6.58. The molecule has 6 nitrogen and oxygen atoms in total. The van der Waals surface area contributed by atoms with Crippen LogP contribution in [0.3, 0.4) is 0 Å². The number of likely N-dealkylation sites (tertiary alicyclic amines) is 1. The van der Waals surface area contributed by atoms with Crippen LogP contribution in [0.4, 0.5) is 0 Å². The van der Waals surface area contributed by atoms with E-state index in [2.05, 4.69) is 10.2 Å². The molecule has 3 saturated heterocycles. The molecule has 0 aromatic heterocycles. The third kappa shape index (κ3) is 3.31. The summed E-state index contributed by atoms with van der Waals surface area (Å²) in [4.78, 5) is 17.0. The van der Waals surface area contributed by atoms with E-state index in [9.17, 15) is 4.79 Å². The number of ether oxygens (including phenoxy) is 2. The van der Waals surface area contributed by atoms with Crippen LogP contribution in [0.5, 0.6) is 0 Å². The molecule has 0 spiro atoms. The highest BCUT2D eigenvalue weighted by Crippen LogP contribution is 2.21. The normalized spacial score (nSPS) is 32.5. The molecule has 3 aliphatic rings. The molecule has 1 amide bonds. The topological polar surface area (TPSA) is 54.0 Å². The molecule has 0 saturated carbocycles. The van der Waals surface area contributed by atoms with Crippen molar-refractivity contribution in [3.8, 4) is 0 Å². The monoisotopic (exact) mass is 283 g/mol. The maximum absolute atomic E-state index is 12.6. The van der Waals surface area contributed by atoms with Crippen molar-refractivity contribution in [2.75, 3.05) is 52.7 Å². The van der Waals surface area contributed by atoms with Gasteiger partial charge in [0.2, 0.25) is 5.91 Å². The molecule has 0 aliphatic carbocycles.